The van der Waals surface area contributed by atoms with E-state index < -0.39 is 5.97 Å². The Bertz CT molecular complexity index is 1520. The van der Waals surface area contributed by atoms with Crippen molar-refractivity contribution in [2.75, 3.05) is 0 Å². The second-order valence-corrected chi connectivity index (χ2v) is 8.20. The van der Waals surface area contributed by atoms with Crippen molar-refractivity contribution in [3.8, 4) is 10.6 Å². The second-order valence-electron chi connectivity index (χ2n) is 7.25. The van der Waals surface area contributed by atoms with E-state index in [0.29, 0.717) is 40.2 Å². The summed E-state index contributed by atoms with van der Waals surface area (Å²) in [7, 11) is 0. The molecule has 0 spiro atoms. The van der Waals surface area contributed by atoms with Gasteiger partial charge in [-0.1, -0.05) is 12.1 Å². The topological polar surface area (TPSA) is 91.4 Å². The maximum Gasteiger partial charge on any atom is 0.339 e. The molecule has 0 aliphatic rings. The number of nitrogens with zero attached hydrogens (tertiary/aromatic N) is 5. The highest BCUT2D eigenvalue weighted by atomic mass is 32.1. The molecule has 0 aliphatic carbocycles. The van der Waals surface area contributed by atoms with Crippen molar-refractivity contribution >= 4 is 34.0 Å². The minimum absolute atomic E-state index is 0.113. The SMILES string of the molecule is CCn1ncc2c(C(=O)OCc3cc(=O)n4c(C)cccc4n3)cc(-c3cccs3)nc21. The number of pyridine rings is 2. The van der Waals surface area contributed by atoms with Crippen LogP contribution in [0.5, 0.6) is 0 Å². The third kappa shape index (κ3) is 3.46. The summed E-state index contributed by atoms with van der Waals surface area (Å²) < 4.78 is 8.83. The smallest absolute Gasteiger partial charge is 0.339 e. The number of thiophene rings is 1. The van der Waals surface area contributed by atoms with E-state index in [2.05, 4.69) is 10.1 Å². The standard InChI is InChI=1S/C23H19N5O3S/c1-3-27-22-17(12-24-27)16(11-18(26-22)19-7-5-9-32-19)23(30)31-13-15-10-21(29)28-14(2)6-4-8-20(28)25-15/h4-12H,3,13H2,1-2H3. The zero-order valence-corrected chi connectivity index (χ0v) is 18.3. The number of aromatic nitrogens is 5. The first-order valence-corrected chi connectivity index (χ1v) is 11.0. The Morgan fingerprint density at radius 3 is 2.81 bits per heavy atom. The first-order chi connectivity index (χ1) is 15.5. The van der Waals surface area contributed by atoms with Gasteiger partial charge in [-0.3, -0.25) is 9.20 Å². The highest BCUT2D eigenvalue weighted by molar-refractivity contribution is 7.13. The molecule has 5 heterocycles. The van der Waals surface area contributed by atoms with Gasteiger partial charge in [0.15, 0.2) is 5.65 Å². The van der Waals surface area contributed by atoms with Crippen LogP contribution in [-0.2, 0) is 17.9 Å². The molecule has 0 fully saturated rings. The van der Waals surface area contributed by atoms with Crippen molar-refractivity contribution in [3.63, 3.8) is 0 Å². The third-order valence-corrected chi connectivity index (χ3v) is 6.08. The van der Waals surface area contributed by atoms with Gasteiger partial charge in [-0.25, -0.2) is 19.4 Å². The predicted molar refractivity (Wildman–Crippen MR) is 122 cm³/mol. The molecule has 0 saturated carbocycles. The van der Waals surface area contributed by atoms with Crippen molar-refractivity contribution in [1.82, 2.24) is 24.1 Å². The summed E-state index contributed by atoms with van der Waals surface area (Å²) in [6.07, 6.45) is 1.63. The van der Waals surface area contributed by atoms with Crippen LogP contribution < -0.4 is 5.56 Å². The number of carbonyl (C=O) groups is 1. The zero-order chi connectivity index (χ0) is 22.2. The molecule has 0 saturated heterocycles. The average molecular weight is 446 g/mol. The van der Waals surface area contributed by atoms with Crippen LogP contribution in [0.3, 0.4) is 0 Å². The Morgan fingerprint density at radius 2 is 2.03 bits per heavy atom. The Hall–Kier alpha value is -3.85. The summed E-state index contributed by atoms with van der Waals surface area (Å²) in [6, 6.07) is 12.4. The van der Waals surface area contributed by atoms with Gasteiger partial charge in [-0.05, 0) is 43.5 Å². The van der Waals surface area contributed by atoms with Crippen molar-refractivity contribution in [1.29, 1.82) is 0 Å². The van der Waals surface area contributed by atoms with Gasteiger partial charge >= 0.3 is 5.97 Å². The molecule has 5 rings (SSSR count). The molecule has 0 atom stereocenters. The van der Waals surface area contributed by atoms with E-state index in [1.807, 2.05) is 43.5 Å². The molecule has 8 nitrogen and oxygen atoms in total. The van der Waals surface area contributed by atoms with Crippen LogP contribution >= 0.6 is 11.3 Å². The maximum absolute atomic E-state index is 13.1. The Kier molecular flexibility index (Phi) is 5.02. The lowest BCUT2D eigenvalue weighted by Gasteiger charge is -2.09. The zero-order valence-electron chi connectivity index (χ0n) is 17.5. The van der Waals surface area contributed by atoms with Crippen LogP contribution in [0, 0.1) is 6.92 Å². The summed E-state index contributed by atoms with van der Waals surface area (Å²) in [6.45, 7) is 4.32. The second kappa shape index (κ2) is 8.01. The predicted octanol–water partition coefficient (Wildman–Crippen LogP) is 3.85. The number of hydrogen-bond acceptors (Lipinski definition) is 7. The van der Waals surface area contributed by atoms with E-state index in [1.54, 1.807) is 34.3 Å². The van der Waals surface area contributed by atoms with Gasteiger partial charge < -0.3 is 4.74 Å². The molecule has 0 unspecified atom stereocenters. The molecule has 0 N–H and O–H groups in total. The van der Waals surface area contributed by atoms with Crippen LogP contribution in [0.15, 0.2) is 58.8 Å². The van der Waals surface area contributed by atoms with E-state index in [4.69, 9.17) is 9.72 Å². The van der Waals surface area contributed by atoms with E-state index >= 15 is 0 Å². The molecule has 0 radical (unpaired) electrons. The fourth-order valence-corrected chi connectivity index (χ4v) is 4.34. The third-order valence-electron chi connectivity index (χ3n) is 5.19. The minimum Gasteiger partial charge on any atom is -0.456 e. The molecule has 9 heteroatoms. The number of esters is 1. The maximum atomic E-state index is 13.1. The van der Waals surface area contributed by atoms with Crippen LogP contribution in [0.2, 0.25) is 0 Å². The number of fused-ring (bicyclic) bond motifs is 2. The lowest BCUT2D eigenvalue weighted by molar-refractivity contribution is 0.0470. The number of ether oxygens (including phenoxy) is 1. The van der Waals surface area contributed by atoms with Gasteiger partial charge in [0.2, 0.25) is 0 Å². The van der Waals surface area contributed by atoms with Gasteiger partial charge in [0.25, 0.3) is 5.56 Å². The van der Waals surface area contributed by atoms with Crippen LogP contribution in [0.4, 0.5) is 0 Å². The first kappa shape index (κ1) is 20.1. The Labute approximate surface area is 186 Å². The average Bonchev–Trinajstić information content (AvgIpc) is 3.46. The fraction of sp³-hybridized carbons (Fsp3) is 0.174. The van der Waals surface area contributed by atoms with E-state index in [-0.39, 0.29) is 12.2 Å². The van der Waals surface area contributed by atoms with E-state index in [1.165, 1.54) is 10.5 Å². The normalized spacial score (nSPS) is 11.3. The summed E-state index contributed by atoms with van der Waals surface area (Å²) in [5, 5.41) is 6.93. The molecule has 160 valence electrons. The van der Waals surface area contributed by atoms with Crippen molar-refractivity contribution in [2.24, 2.45) is 0 Å². The van der Waals surface area contributed by atoms with Crippen LogP contribution in [0.25, 0.3) is 27.3 Å². The summed E-state index contributed by atoms with van der Waals surface area (Å²) in [5.74, 6) is -0.517. The number of rotatable bonds is 5. The molecule has 0 bridgehead atoms. The number of carbonyl (C=O) groups excluding carboxylic acids is 1. The highest BCUT2D eigenvalue weighted by Crippen LogP contribution is 2.28. The quantitative estimate of drug-likeness (QED) is 0.382. The molecule has 5 aromatic heterocycles. The summed E-state index contributed by atoms with van der Waals surface area (Å²) in [4.78, 5) is 35.7. The first-order valence-electron chi connectivity index (χ1n) is 10.1. The van der Waals surface area contributed by atoms with Crippen molar-refractivity contribution in [2.45, 2.75) is 27.0 Å². The monoisotopic (exact) mass is 445 g/mol. The molecular weight excluding hydrogens is 426 g/mol. The van der Waals surface area contributed by atoms with Gasteiger partial charge in [0, 0.05) is 18.3 Å². The van der Waals surface area contributed by atoms with E-state index in [0.717, 1.165) is 10.6 Å². The van der Waals surface area contributed by atoms with Crippen molar-refractivity contribution < 1.29 is 9.53 Å². The molecule has 0 aromatic carbocycles. The van der Waals surface area contributed by atoms with Crippen LogP contribution in [-0.4, -0.2) is 30.1 Å². The number of hydrogen-bond donors (Lipinski definition) is 0. The van der Waals surface area contributed by atoms with Gasteiger partial charge in [-0.15, -0.1) is 11.3 Å². The fourth-order valence-electron chi connectivity index (χ4n) is 3.65. The largest absolute Gasteiger partial charge is 0.456 e. The summed E-state index contributed by atoms with van der Waals surface area (Å²) >= 11 is 1.54. The molecular formula is C23H19N5O3S. The molecule has 32 heavy (non-hydrogen) atoms. The van der Waals surface area contributed by atoms with E-state index in [9.17, 15) is 9.59 Å². The Morgan fingerprint density at radius 1 is 1.16 bits per heavy atom. The Balaban J connectivity index is 1.49. The molecule has 5 aromatic rings. The van der Waals surface area contributed by atoms with Crippen LogP contribution in [0.1, 0.15) is 28.7 Å². The lowest BCUT2D eigenvalue weighted by Crippen LogP contribution is -2.18. The highest BCUT2D eigenvalue weighted by Gasteiger charge is 2.19. The molecule has 0 aliphatic heterocycles. The lowest BCUT2D eigenvalue weighted by atomic mass is 10.1. The van der Waals surface area contributed by atoms with Gasteiger partial charge in [0.1, 0.15) is 12.3 Å². The molecule has 0 amide bonds. The van der Waals surface area contributed by atoms with Crippen molar-refractivity contribution in [3.05, 3.63) is 81.3 Å². The van der Waals surface area contributed by atoms with Gasteiger partial charge in [-0.2, -0.15) is 5.10 Å². The van der Waals surface area contributed by atoms with Gasteiger partial charge in [0.05, 0.1) is 33.4 Å². The minimum atomic E-state index is -0.517. The number of aryl methyl sites for hydroxylation is 2. The summed E-state index contributed by atoms with van der Waals surface area (Å²) in [5.41, 5.74) is 3.18.